The number of amides is 1. The van der Waals surface area contributed by atoms with E-state index >= 15 is 0 Å². The number of likely N-dealkylation sites (N-methyl/N-ethyl adjacent to an activating group) is 1. The first-order valence-corrected chi connectivity index (χ1v) is 6.73. The predicted octanol–water partition coefficient (Wildman–Crippen LogP) is 0.184. The van der Waals surface area contributed by atoms with E-state index in [0.29, 0.717) is 5.92 Å². The van der Waals surface area contributed by atoms with E-state index in [-0.39, 0.29) is 23.4 Å². The molecule has 1 aromatic rings. The van der Waals surface area contributed by atoms with Crippen LogP contribution in [0.3, 0.4) is 0 Å². The second-order valence-corrected chi connectivity index (χ2v) is 5.69. The molecule has 1 saturated heterocycles. The minimum absolute atomic E-state index is 0.0155. The number of piperidine rings is 1. The standard InChI is InChI=1S/C14H19N3O2/c1-16(2)14(19)13-10-6-9(7-15-8-10)11-4-3-5-12(18)17(11)13/h3-5,9-10,13,15H,6-8H2,1-2H3/t9-,10+,13-/m1/s1. The summed E-state index contributed by atoms with van der Waals surface area (Å²) in [5.74, 6) is 0.571. The van der Waals surface area contributed by atoms with Crippen molar-refractivity contribution < 1.29 is 4.79 Å². The number of nitrogens with one attached hydrogen (secondary N) is 1. The topological polar surface area (TPSA) is 54.3 Å². The maximum absolute atomic E-state index is 12.5. The first kappa shape index (κ1) is 12.4. The largest absolute Gasteiger partial charge is 0.347 e. The molecule has 2 aliphatic heterocycles. The lowest BCUT2D eigenvalue weighted by Crippen LogP contribution is -2.52. The molecule has 0 aliphatic carbocycles. The molecule has 1 aromatic heterocycles. The van der Waals surface area contributed by atoms with E-state index in [2.05, 4.69) is 5.32 Å². The van der Waals surface area contributed by atoms with Crippen LogP contribution in [0.25, 0.3) is 0 Å². The summed E-state index contributed by atoms with van der Waals surface area (Å²) in [4.78, 5) is 26.2. The molecular weight excluding hydrogens is 242 g/mol. The molecule has 5 nitrogen and oxygen atoms in total. The van der Waals surface area contributed by atoms with Crippen LogP contribution in [0, 0.1) is 5.92 Å². The van der Waals surface area contributed by atoms with Gasteiger partial charge in [0.05, 0.1) is 0 Å². The lowest BCUT2D eigenvalue weighted by molar-refractivity contribution is -0.135. The van der Waals surface area contributed by atoms with Gasteiger partial charge in [-0.05, 0) is 12.5 Å². The summed E-state index contributed by atoms with van der Waals surface area (Å²) in [6.07, 6.45) is 0.987. The zero-order chi connectivity index (χ0) is 13.6. The van der Waals surface area contributed by atoms with Gasteiger partial charge in [0, 0.05) is 50.8 Å². The van der Waals surface area contributed by atoms with Crippen LogP contribution in [0.5, 0.6) is 0 Å². The normalized spacial score (nSPS) is 28.6. The van der Waals surface area contributed by atoms with Crippen molar-refractivity contribution in [1.82, 2.24) is 14.8 Å². The molecule has 3 atom stereocenters. The van der Waals surface area contributed by atoms with E-state index in [1.54, 1.807) is 35.7 Å². The van der Waals surface area contributed by atoms with Crippen molar-refractivity contribution in [2.45, 2.75) is 18.4 Å². The molecule has 1 N–H and O–H groups in total. The highest BCUT2D eigenvalue weighted by Gasteiger charge is 2.41. The minimum Gasteiger partial charge on any atom is -0.347 e. The van der Waals surface area contributed by atoms with Gasteiger partial charge < -0.3 is 10.2 Å². The smallest absolute Gasteiger partial charge is 0.251 e. The zero-order valence-corrected chi connectivity index (χ0v) is 11.3. The van der Waals surface area contributed by atoms with Crippen LogP contribution in [0.2, 0.25) is 0 Å². The molecule has 0 spiro atoms. The van der Waals surface area contributed by atoms with Gasteiger partial charge in [0.15, 0.2) is 0 Å². The molecular formula is C14H19N3O2. The summed E-state index contributed by atoms with van der Waals surface area (Å²) < 4.78 is 1.72. The number of carbonyl (C=O) groups is 1. The van der Waals surface area contributed by atoms with Gasteiger partial charge >= 0.3 is 0 Å². The van der Waals surface area contributed by atoms with Crippen molar-refractivity contribution in [2.75, 3.05) is 27.2 Å². The number of aromatic nitrogens is 1. The number of fused-ring (bicyclic) bond motifs is 4. The predicted molar refractivity (Wildman–Crippen MR) is 72.2 cm³/mol. The van der Waals surface area contributed by atoms with Gasteiger partial charge in [-0.1, -0.05) is 6.07 Å². The molecule has 0 aromatic carbocycles. The monoisotopic (exact) mass is 261 g/mol. The Balaban J connectivity index is 2.16. The molecule has 1 fully saturated rings. The van der Waals surface area contributed by atoms with Crippen molar-refractivity contribution >= 4 is 5.91 Å². The van der Waals surface area contributed by atoms with E-state index in [0.717, 1.165) is 25.2 Å². The van der Waals surface area contributed by atoms with Crippen molar-refractivity contribution in [2.24, 2.45) is 5.92 Å². The fourth-order valence-corrected chi connectivity index (χ4v) is 3.38. The highest BCUT2D eigenvalue weighted by atomic mass is 16.2. The van der Waals surface area contributed by atoms with Gasteiger partial charge in [-0.3, -0.25) is 14.2 Å². The van der Waals surface area contributed by atoms with Gasteiger partial charge in [0.2, 0.25) is 5.91 Å². The second kappa shape index (κ2) is 4.49. The SMILES string of the molecule is CN(C)C(=O)[C@H]1[C@@H]2CNC[C@@H](C2)c2cccc(=O)n21. The third-order valence-electron chi connectivity index (χ3n) is 4.24. The Hall–Kier alpha value is -1.62. The van der Waals surface area contributed by atoms with Crippen LogP contribution in [-0.2, 0) is 4.79 Å². The summed E-state index contributed by atoms with van der Waals surface area (Å²) in [7, 11) is 3.50. The van der Waals surface area contributed by atoms with Gasteiger partial charge in [0.25, 0.3) is 5.56 Å². The van der Waals surface area contributed by atoms with E-state index in [1.165, 1.54) is 0 Å². The maximum Gasteiger partial charge on any atom is 0.251 e. The van der Waals surface area contributed by atoms with E-state index in [1.807, 2.05) is 6.07 Å². The number of rotatable bonds is 1. The second-order valence-electron chi connectivity index (χ2n) is 5.69. The Bertz CT molecular complexity index is 564. The summed E-state index contributed by atoms with van der Waals surface area (Å²) in [5.41, 5.74) is 0.936. The van der Waals surface area contributed by atoms with Crippen molar-refractivity contribution in [3.8, 4) is 0 Å². The fraction of sp³-hybridized carbons (Fsp3) is 0.571. The van der Waals surface area contributed by atoms with Crippen LogP contribution >= 0.6 is 0 Å². The van der Waals surface area contributed by atoms with Crippen LogP contribution in [0.15, 0.2) is 23.0 Å². The van der Waals surface area contributed by atoms with Gasteiger partial charge in [-0.15, -0.1) is 0 Å². The molecule has 0 radical (unpaired) electrons. The van der Waals surface area contributed by atoms with Crippen molar-refractivity contribution in [3.05, 3.63) is 34.2 Å². The third kappa shape index (κ3) is 1.89. The van der Waals surface area contributed by atoms with Gasteiger partial charge in [-0.2, -0.15) is 0 Å². The Kier molecular flexibility index (Phi) is 2.93. The lowest BCUT2D eigenvalue weighted by atomic mass is 9.79. The van der Waals surface area contributed by atoms with Gasteiger partial charge in [-0.25, -0.2) is 0 Å². The molecule has 102 valence electrons. The van der Waals surface area contributed by atoms with E-state index in [4.69, 9.17) is 0 Å². The highest BCUT2D eigenvalue weighted by Crippen LogP contribution is 2.38. The first-order valence-electron chi connectivity index (χ1n) is 6.73. The Morgan fingerprint density at radius 3 is 2.89 bits per heavy atom. The van der Waals surface area contributed by atoms with E-state index in [9.17, 15) is 9.59 Å². The van der Waals surface area contributed by atoms with Crippen LogP contribution in [0.4, 0.5) is 0 Å². The number of nitrogens with zero attached hydrogens (tertiary/aromatic N) is 2. The molecule has 2 aliphatic rings. The summed E-state index contributed by atoms with van der Waals surface area (Å²) >= 11 is 0. The maximum atomic E-state index is 12.5. The average molecular weight is 261 g/mol. The molecule has 0 unspecified atom stereocenters. The summed E-state index contributed by atoms with van der Waals surface area (Å²) in [6.45, 7) is 1.70. The molecule has 19 heavy (non-hydrogen) atoms. The first-order chi connectivity index (χ1) is 9.09. The summed E-state index contributed by atoms with van der Waals surface area (Å²) in [6, 6.07) is 4.96. The summed E-state index contributed by atoms with van der Waals surface area (Å²) in [5, 5.41) is 3.38. The number of hydrogen-bond acceptors (Lipinski definition) is 3. The molecule has 1 amide bonds. The van der Waals surface area contributed by atoms with Crippen molar-refractivity contribution in [1.29, 1.82) is 0 Å². The van der Waals surface area contributed by atoms with Crippen molar-refractivity contribution in [3.63, 3.8) is 0 Å². The zero-order valence-electron chi connectivity index (χ0n) is 11.3. The molecule has 2 bridgehead atoms. The van der Waals surface area contributed by atoms with Crippen LogP contribution < -0.4 is 10.9 Å². The quantitative estimate of drug-likeness (QED) is 0.785. The Labute approximate surface area is 112 Å². The Morgan fingerprint density at radius 2 is 2.16 bits per heavy atom. The molecule has 3 heterocycles. The highest BCUT2D eigenvalue weighted by molar-refractivity contribution is 5.80. The average Bonchev–Trinajstić information content (AvgIpc) is 2.40. The fourth-order valence-electron chi connectivity index (χ4n) is 3.38. The van der Waals surface area contributed by atoms with E-state index < -0.39 is 0 Å². The third-order valence-corrected chi connectivity index (χ3v) is 4.24. The Morgan fingerprint density at radius 1 is 1.37 bits per heavy atom. The van der Waals surface area contributed by atoms with Crippen LogP contribution in [-0.4, -0.2) is 42.6 Å². The van der Waals surface area contributed by atoms with Crippen LogP contribution in [0.1, 0.15) is 24.1 Å². The number of carbonyl (C=O) groups excluding carboxylic acids is 1. The van der Waals surface area contributed by atoms with Gasteiger partial charge in [0.1, 0.15) is 6.04 Å². The molecule has 0 saturated carbocycles. The minimum atomic E-state index is -0.359. The number of hydrogen-bond donors (Lipinski definition) is 1. The molecule has 5 heteroatoms. The lowest BCUT2D eigenvalue weighted by Gasteiger charge is -2.42. The molecule has 3 rings (SSSR count). The number of pyridine rings is 1.